The molecule has 0 atom stereocenters. The third-order valence-electron chi connectivity index (χ3n) is 3.33. The molecule has 0 spiro atoms. The van der Waals surface area contributed by atoms with E-state index in [4.69, 9.17) is 11.6 Å². The second-order valence-corrected chi connectivity index (χ2v) is 6.57. The first-order valence-electron chi connectivity index (χ1n) is 7.43. The van der Waals surface area contributed by atoms with E-state index >= 15 is 0 Å². The maximum atomic E-state index is 13.1. The first-order chi connectivity index (χ1) is 12.5. The zero-order chi connectivity index (χ0) is 18.5. The number of rotatable bonds is 6. The van der Waals surface area contributed by atoms with Gasteiger partial charge in [-0.15, -0.1) is 0 Å². The highest BCUT2D eigenvalue weighted by atomic mass is 127. The summed E-state index contributed by atoms with van der Waals surface area (Å²) in [5.74, 6) is -0.481. The van der Waals surface area contributed by atoms with Crippen LogP contribution in [0.3, 0.4) is 0 Å². The van der Waals surface area contributed by atoms with Crippen LogP contribution in [0.5, 0.6) is 0 Å². The first-order valence-corrected chi connectivity index (χ1v) is 8.88. The van der Waals surface area contributed by atoms with Gasteiger partial charge in [-0.05, 0) is 33.7 Å². The van der Waals surface area contributed by atoms with Crippen LogP contribution in [0, 0.1) is 15.3 Å². The van der Waals surface area contributed by atoms with Gasteiger partial charge in [-0.3, -0.25) is 0 Å². The minimum Gasteiger partial charge on any atom is -0.350 e. The van der Waals surface area contributed by atoms with Gasteiger partial charge in [0, 0.05) is 13.1 Å². The van der Waals surface area contributed by atoms with Crippen LogP contribution in [0.2, 0.25) is 5.15 Å². The van der Waals surface area contributed by atoms with Gasteiger partial charge in [0.25, 0.3) is 0 Å². The van der Waals surface area contributed by atoms with E-state index in [1.54, 1.807) is 0 Å². The molecule has 2 heterocycles. The summed E-state index contributed by atoms with van der Waals surface area (Å²) in [7, 11) is 0. The smallest absolute Gasteiger partial charge is 0.224 e. The van der Waals surface area contributed by atoms with E-state index in [9.17, 15) is 8.78 Å². The van der Waals surface area contributed by atoms with Gasteiger partial charge in [0.1, 0.15) is 3.70 Å². The van der Waals surface area contributed by atoms with Crippen LogP contribution in [0.1, 0.15) is 11.1 Å². The Morgan fingerprint density at radius 2 is 1.35 bits per heavy atom. The summed E-state index contributed by atoms with van der Waals surface area (Å²) in [6.45, 7) is 0.973. The minimum atomic E-state index is -0.658. The molecular formula is C16H12ClF2IN6. The molecule has 2 N–H and O–H groups in total. The number of benzene rings is 1. The van der Waals surface area contributed by atoms with Crippen LogP contribution in [-0.4, -0.2) is 19.9 Å². The molecule has 0 saturated heterocycles. The summed E-state index contributed by atoms with van der Waals surface area (Å²) in [5.41, 5.74) is 2.00. The molecule has 2 aromatic heterocycles. The van der Waals surface area contributed by atoms with E-state index in [2.05, 4.69) is 30.6 Å². The molecule has 0 bridgehead atoms. The number of nitrogens with one attached hydrogen (secondary N) is 2. The molecular weight excluding hydrogens is 477 g/mol. The molecule has 0 saturated carbocycles. The Balaban J connectivity index is 1.54. The van der Waals surface area contributed by atoms with Crippen molar-refractivity contribution in [3.8, 4) is 0 Å². The van der Waals surface area contributed by atoms with Crippen molar-refractivity contribution in [1.29, 1.82) is 0 Å². The van der Waals surface area contributed by atoms with E-state index in [1.165, 1.54) is 0 Å². The average molecular weight is 489 g/mol. The van der Waals surface area contributed by atoms with Crippen LogP contribution in [0.25, 0.3) is 0 Å². The predicted octanol–water partition coefficient (Wildman–Crippen LogP) is 4.03. The van der Waals surface area contributed by atoms with Crippen LogP contribution in [0.4, 0.5) is 20.7 Å². The molecule has 0 radical (unpaired) electrons. The molecule has 0 aliphatic carbocycles. The quantitative estimate of drug-likeness (QED) is 0.403. The zero-order valence-electron chi connectivity index (χ0n) is 13.2. The average Bonchev–Trinajstić information content (AvgIpc) is 2.64. The van der Waals surface area contributed by atoms with Gasteiger partial charge in [0.15, 0.2) is 16.8 Å². The molecule has 3 aromatic rings. The fourth-order valence-electron chi connectivity index (χ4n) is 2.00. The molecule has 10 heteroatoms. The molecule has 0 aliphatic heterocycles. The normalized spacial score (nSPS) is 10.6. The largest absolute Gasteiger partial charge is 0.350 e. The Morgan fingerprint density at radius 3 is 1.85 bits per heavy atom. The maximum Gasteiger partial charge on any atom is 0.224 e. The molecule has 6 nitrogen and oxygen atoms in total. The van der Waals surface area contributed by atoms with Crippen molar-refractivity contribution in [1.82, 2.24) is 19.9 Å². The van der Waals surface area contributed by atoms with E-state index in [-0.39, 0.29) is 14.8 Å². The molecule has 1 aromatic carbocycles. The van der Waals surface area contributed by atoms with Crippen LogP contribution in [0.15, 0.2) is 36.7 Å². The molecule has 0 unspecified atom stereocenters. The first kappa shape index (κ1) is 18.6. The number of anilines is 2. The molecule has 3 rings (SSSR count). The zero-order valence-corrected chi connectivity index (χ0v) is 16.1. The number of hydrogen-bond donors (Lipinski definition) is 2. The second kappa shape index (κ2) is 8.49. The Bertz CT molecular complexity index is 835. The lowest BCUT2D eigenvalue weighted by Crippen LogP contribution is -2.06. The SMILES string of the molecule is Fc1cnc(NCc2ccc(CNc3ncc(F)c(I)n3)cc2)nc1Cl. The monoisotopic (exact) mass is 488 g/mol. The maximum absolute atomic E-state index is 13.1. The number of halogens is 4. The molecule has 134 valence electrons. The van der Waals surface area contributed by atoms with Crippen molar-refractivity contribution in [2.75, 3.05) is 10.6 Å². The molecule has 0 amide bonds. The third-order valence-corrected chi connectivity index (χ3v) is 4.35. The molecule has 26 heavy (non-hydrogen) atoms. The van der Waals surface area contributed by atoms with Gasteiger partial charge in [0.05, 0.1) is 12.4 Å². The lowest BCUT2D eigenvalue weighted by Gasteiger charge is -2.08. The van der Waals surface area contributed by atoms with Crippen molar-refractivity contribution in [2.45, 2.75) is 13.1 Å². The summed E-state index contributed by atoms with van der Waals surface area (Å²) in [6.07, 6.45) is 2.15. The third kappa shape index (κ3) is 4.94. The highest BCUT2D eigenvalue weighted by molar-refractivity contribution is 14.1. The van der Waals surface area contributed by atoms with E-state index < -0.39 is 11.6 Å². The van der Waals surface area contributed by atoms with Gasteiger partial charge < -0.3 is 10.6 Å². The predicted molar refractivity (Wildman–Crippen MR) is 103 cm³/mol. The second-order valence-electron chi connectivity index (χ2n) is 5.19. The lowest BCUT2D eigenvalue weighted by atomic mass is 10.1. The number of nitrogens with zero attached hydrogens (tertiary/aromatic N) is 4. The summed E-state index contributed by atoms with van der Waals surface area (Å²) >= 11 is 7.43. The van der Waals surface area contributed by atoms with Gasteiger partial charge in [-0.1, -0.05) is 35.9 Å². The standard InChI is InChI=1S/C16H12ClF2IN6/c17-13-11(18)7-23-15(25-13)21-5-9-1-3-10(4-2-9)6-22-16-24-8-12(19)14(20)26-16/h1-4,7-8H,5-6H2,(H,21,23,25)(H,22,24,26). The fraction of sp³-hybridized carbons (Fsp3) is 0.125. The Kier molecular flexibility index (Phi) is 6.09. The summed E-state index contributed by atoms with van der Waals surface area (Å²) in [6, 6.07) is 7.75. The number of aromatic nitrogens is 4. The molecule has 0 fully saturated rings. The summed E-state index contributed by atoms with van der Waals surface area (Å²) < 4.78 is 26.4. The van der Waals surface area contributed by atoms with Crippen molar-refractivity contribution < 1.29 is 8.78 Å². The highest BCUT2D eigenvalue weighted by Gasteiger charge is 2.05. The van der Waals surface area contributed by atoms with Gasteiger partial charge in [-0.25, -0.2) is 23.7 Å². The van der Waals surface area contributed by atoms with Crippen LogP contribution in [-0.2, 0) is 13.1 Å². The Labute approximate surface area is 166 Å². The minimum absolute atomic E-state index is 0.221. The van der Waals surface area contributed by atoms with Gasteiger partial charge in [-0.2, -0.15) is 4.98 Å². The fourth-order valence-corrected chi connectivity index (χ4v) is 2.50. The summed E-state index contributed by atoms with van der Waals surface area (Å²) in [5, 5.41) is 5.79. The van der Waals surface area contributed by atoms with Crippen LogP contribution >= 0.6 is 34.2 Å². The van der Waals surface area contributed by atoms with Gasteiger partial charge >= 0.3 is 0 Å². The van der Waals surface area contributed by atoms with Crippen molar-refractivity contribution in [3.05, 3.63) is 68.3 Å². The van der Waals surface area contributed by atoms with Gasteiger partial charge in [0.2, 0.25) is 11.9 Å². The van der Waals surface area contributed by atoms with Crippen molar-refractivity contribution >= 4 is 46.1 Å². The lowest BCUT2D eigenvalue weighted by molar-refractivity contribution is 0.604. The van der Waals surface area contributed by atoms with E-state index in [0.717, 1.165) is 23.5 Å². The van der Waals surface area contributed by atoms with Crippen molar-refractivity contribution in [2.24, 2.45) is 0 Å². The Hall–Kier alpha value is -2.14. The van der Waals surface area contributed by atoms with Crippen molar-refractivity contribution in [3.63, 3.8) is 0 Å². The highest BCUT2D eigenvalue weighted by Crippen LogP contribution is 2.13. The van der Waals surface area contributed by atoms with E-state index in [0.29, 0.717) is 19.0 Å². The Morgan fingerprint density at radius 1 is 0.846 bits per heavy atom. The van der Waals surface area contributed by atoms with Crippen LogP contribution < -0.4 is 10.6 Å². The molecule has 0 aliphatic rings. The number of hydrogen-bond acceptors (Lipinski definition) is 6. The summed E-state index contributed by atoms with van der Waals surface area (Å²) in [4.78, 5) is 15.5. The van der Waals surface area contributed by atoms with E-state index in [1.807, 2.05) is 46.9 Å². The topological polar surface area (TPSA) is 75.6 Å².